The normalized spacial score (nSPS) is 12.5. The van der Waals surface area contributed by atoms with Gasteiger partial charge in [-0.15, -0.1) is 0 Å². The van der Waals surface area contributed by atoms with Gasteiger partial charge in [-0.1, -0.05) is 6.58 Å². The van der Waals surface area contributed by atoms with Crippen molar-refractivity contribution in [2.45, 2.75) is 6.92 Å². The van der Waals surface area contributed by atoms with Gasteiger partial charge in [0.15, 0.2) is 5.78 Å². The van der Waals surface area contributed by atoms with Gasteiger partial charge in [0.25, 0.3) is 0 Å². The minimum atomic E-state index is -0.0292. The summed E-state index contributed by atoms with van der Waals surface area (Å²) in [4.78, 5) is 11.2. The molecule has 3 nitrogen and oxygen atoms in total. The second-order valence-corrected chi connectivity index (χ2v) is 2.63. The number of carbonyl (C=O) groups is 1. The molecule has 0 aromatic rings. The third kappa shape index (κ3) is 4.62. The fourth-order valence-electron chi connectivity index (χ4n) is 0.832. The summed E-state index contributed by atoms with van der Waals surface area (Å²) in [6, 6.07) is 0. The van der Waals surface area contributed by atoms with Crippen LogP contribution in [-0.4, -0.2) is 26.6 Å². The molecule has 0 aromatic carbocycles. The predicted octanol–water partition coefficient (Wildman–Crippen LogP) is 1.86. The first kappa shape index (κ1) is 12.7. The van der Waals surface area contributed by atoms with Gasteiger partial charge in [-0.25, -0.2) is 0 Å². The summed E-state index contributed by atoms with van der Waals surface area (Å²) in [6.45, 7) is 5.46. The lowest BCUT2D eigenvalue weighted by Crippen LogP contribution is -1.97. The highest BCUT2D eigenvalue weighted by molar-refractivity contribution is 5.96. The van der Waals surface area contributed by atoms with Crippen molar-refractivity contribution in [3.05, 3.63) is 36.1 Å². The lowest BCUT2D eigenvalue weighted by atomic mass is 10.1. The topological polar surface area (TPSA) is 35.5 Å². The second-order valence-electron chi connectivity index (χ2n) is 2.63. The van der Waals surface area contributed by atoms with E-state index in [9.17, 15) is 4.79 Å². The molecule has 0 bridgehead atoms. The quantitative estimate of drug-likeness (QED) is 0.369. The Balaban J connectivity index is 4.75. The van der Waals surface area contributed by atoms with E-state index in [-0.39, 0.29) is 5.78 Å². The Hall–Kier alpha value is -1.35. The van der Waals surface area contributed by atoms with Crippen LogP contribution in [0.15, 0.2) is 36.1 Å². The van der Waals surface area contributed by atoms with Gasteiger partial charge in [0, 0.05) is 12.7 Å². The van der Waals surface area contributed by atoms with E-state index < -0.39 is 0 Å². The van der Waals surface area contributed by atoms with Crippen LogP contribution in [0, 0.1) is 0 Å². The highest BCUT2D eigenvalue weighted by atomic mass is 16.5. The van der Waals surface area contributed by atoms with Gasteiger partial charge < -0.3 is 9.47 Å². The summed E-state index contributed by atoms with van der Waals surface area (Å²) in [5.74, 6) is 0.529. The highest BCUT2D eigenvalue weighted by Gasteiger charge is 2.01. The van der Waals surface area contributed by atoms with Gasteiger partial charge in [-0.2, -0.15) is 0 Å². The van der Waals surface area contributed by atoms with E-state index in [4.69, 9.17) is 9.47 Å². The largest absolute Gasteiger partial charge is 0.497 e. The average molecular weight is 196 g/mol. The van der Waals surface area contributed by atoms with Crippen LogP contribution < -0.4 is 0 Å². The molecule has 0 aliphatic rings. The van der Waals surface area contributed by atoms with Gasteiger partial charge >= 0.3 is 0 Å². The molecular formula is C11H16O3. The minimum Gasteiger partial charge on any atom is -0.497 e. The standard InChI is InChI=1S/C11H16O3/c1-5-11(14-4)8-10(9(2)12)6-7-13-3/h5-6,8H,1,7H2,2-4H3/b10-6+,11-8+. The molecule has 0 radical (unpaired) electrons. The first-order valence-corrected chi connectivity index (χ1v) is 4.23. The summed E-state index contributed by atoms with van der Waals surface area (Å²) in [5, 5.41) is 0. The molecule has 14 heavy (non-hydrogen) atoms. The molecule has 0 amide bonds. The average Bonchev–Trinajstić information content (AvgIpc) is 2.18. The first-order chi connectivity index (χ1) is 6.65. The summed E-state index contributed by atoms with van der Waals surface area (Å²) in [5.41, 5.74) is 0.559. The van der Waals surface area contributed by atoms with Crippen molar-refractivity contribution in [1.82, 2.24) is 0 Å². The Morgan fingerprint density at radius 2 is 2.07 bits per heavy atom. The fraction of sp³-hybridized carbons (Fsp3) is 0.364. The molecule has 0 atom stereocenters. The van der Waals surface area contributed by atoms with Crippen LogP contribution in [0.5, 0.6) is 0 Å². The zero-order chi connectivity index (χ0) is 11.0. The smallest absolute Gasteiger partial charge is 0.159 e. The molecule has 0 aliphatic heterocycles. The van der Waals surface area contributed by atoms with E-state index in [2.05, 4.69) is 6.58 Å². The van der Waals surface area contributed by atoms with Crippen molar-refractivity contribution < 1.29 is 14.3 Å². The summed E-state index contributed by atoms with van der Waals surface area (Å²) in [7, 11) is 3.10. The Bertz CT molecular complexity index is 262. The number of methoxy groups -OCH3 is 2. The second kappa shape index (κ2) is 7.09. The summed E-state index contributed by atoms with van der Waals surface area (Å²) in [6.07, 6.45) is 4.88. The number of rotatable bonds is 6. The monoisotopic (exact) mass is 196 g/mol. The van der Waals surface area contributed by atoms with E-state index in [1.807, 2.05) is 0 Å². The van der Waals surface area contributed by atoms with Crippen LogP contribution >= 0.6 is 0 Å². The van der Waals surface area contributed by atoms with E-state index >= 15 is 0 Å². The molecule has 3 heteroatoms. The molecule has 0 unspecified atom stereocenters. The van der Waals surface area contributed by atoms with Gasteiger partial charge in [0.1, 0.15) is 5.76 Å². The van der Waals surface area contributed by atoms with Gasteiger partial charge in [-0.05, 0) is 25.2 Å². The number of carbonyl (C=O) groups excluding carboxylic acids is 1. The Morgan fingerprint density at radius 1 is 1.43 bits per heavy atom. The number of ether oxygens (including phenoxy) is 2. The molecule has 0 rings (SSSR count). The van der Waals surface area contributed by atoms with Crippen molar-refractivity contribution in [2.24, 2.45) is 0 Å². The maximum Gasteiger partial charge on any atom is 0.159 e. The van der Waals surface area contributed by atoms with Gasteiger partial charge in [0.05, 0.1) is 13.7 Å². The zero-order valence-corrected chi connectivity index (χ0v) is 8.87. The van der Waals surface area contributed by atoms with Crippen molar-refractivity contribution in [2.75, 3.05) is 20.8 Å². The molecule has 0 spiro atoms. The number of ketones is 1. The lowest BCUT2D eigenvalue weighted by Gasteiger charge is -2.01. The highest BCUT2D eigenvalue weighted by Crippen LogP contribution is 2.05. The van der Waals surface area contributed by atoms with Gasteiger partial charge in [-0.3, -0.25) is 4.79 Å². The van der Waals surface area contributed by atoms with Crippen LogP contribution in [0.3, 0.4) is 0 Å². The molecule has 0 saturated heterocycles. The lowest BCUT2D eigenvalue weighted by molar-refractivity contribution is -0.113. The zero-order valence-electron chi connectivity index (χ0n) is 8.87. The molecule has 0 aromatic heterocycles. The van der Waals surface area contributed by atoms with Crippen molar-refractivity contribution in [3.63, 3.8) is 0 Å². The molecule has 0 N–H and O–H groups in total. The van der Waals surface area contributed by atoms with E-state index in [1.165, 1.54) is 14.0 Å². The van der Waals surface area contributed by atoms with Crippen LogP contribution in [0.25, 0.3) is 0 Å². The molecule has 0 saturated carbocycles. The van der Waals surface area contributed by atoms with E-state index in [1.54, 1.807) is 25.3 Å². The molecule has 0 heterocycles. The third-order valence-electron chi connectivity index (χ3n) is 1.61. The Morgan fingerprint density at radius 3 is 2.43 bits per heavy atom. The predicted molar refractivity (Wildman–Crippen MR) is 55.9 cm³/mol. The Labute approximate surface area is 84.7 Å². The Kier molecular flexibility index (Phi) is 6.41. The minimum absolute atomic E-state index is 0.0292. The number of Topliss-reactive ketones (excluding diaryl/α,β-unsaturated/α-hetero) is 1. The van der Waals surface area contributed by atoms with Crippen molar-refractivity contribution in [3.8, 4) is 0 Å². The summed E-state index contributed by atoms with van der Waals surface area (Å²) < 4.78 is 9.82. The molecule has 0 aliphatic carbocycles. The maximum atomic E-state index is 11.2. The number of hydrogen-bond donors (Lipinski definition) is 0. The number of allylic oxidation sites excluding steroid dienone is 3. The van der Waals surface area contributed by atoms with Crippen LogP contribution in [0.2, 0.25) is 0 Å². The molecule has 0 fully saturated rings. The van der Waals surface area contributed by atoms with Crippen LogP contribution in [-0.2, 0) is 14.3 Å². The SMILES string of the molecule is C=C/C(=C\C(=C/COC)C(C)=O)OC. The van der Waals surface area contributed by atoms with Crippen LogP contribution in [0.4, 0.5) is 0 Å². The molecular weight excluding hydrogens is 180 g/mol. The van der Waals surface area contributed by atoms with E-state index in [0.717, 1.165) is 0 Å². The van der Waals surface area contributed by atoms with E-state index in [0.29, 0.717) is 17.9 Å². The molecule has 78 valence electrons. The van der Waals surface area contributed by atoms with Crippen LogP contribution in [0.1, 0.15) is 6.92 Å². The van der Waals surface area contributed by atoms with Crippen molar-refractivity contribution >= 4 is 5.78 Å². The van der Waals surface area contributed by atoms with Crippen molar-refractivity contribution in [1.29, 1.82) is 0 Å². The first-order valence-electron chi connectivity index (χ1n) is 4.23. The van der Waals surface area contributed by atoms with Gasteiger partial charge in [0.2, 0.25) is 0 Å². The summed E-state index contributed by atoms with van der Waals surface area (Å²) >= 11 is 0. The maximum absolute atomic E-state index is 11.2. The fourth-order valence-corrected chi connectivity index (χ4v) is 0.832. The number of hydrogen-bond acceptors (Lipinski definition) is 3. The third-order valence-corrected chi connectivity index (χ3v) is 1.61.